The third kappa shape index (κ3) is 2.32. The van der Waals surface area contributed by atoms with Crippen LogP contribution < -0.4 is 11.1 Å². The van der Waals surface area contributed by atoms with Crippen molar-refractivity contribution in [2.45, 2.75) is 0 Å². The van der Waals surface area contributed by atoms with E-state index in [1.54, 1.807) is 10.7 Å². The van der Waals surface area contributed by atoms with Crippen LogP contribution in [0.4, 0.5) is 17.5 Å². The molecule has 3 aromatic heterocycles. The van der Waals surface area contributed by atoms with Gasteiger partial charge in [-0.1, -0.05) is 18.2 Å². The maximum Gasteiger partial charge on any atom is 0.247 e. The molecule has 0 amide bonds. The first-order valence-corrected chi connectivity index (χ1v) is 8.06. The molecule has 4 N–H and O–H groups in total. The van der Waals surface area contributed by atoms with Gasteiger partial charge < -0.3 is 11.1 Å². The van der Waals surface area contributed by atoms with Crippen molar-refractivity contribution in [3.63, 3.8) is 0 Å². The first-order chi connectivity index (χ1) is 12.8. The van der Waals surface area contributed by atoms with E-state index in [-0.39, 0.29) is 0 Å². The Morgan fingerprint density at radius 1 is 1.04 bits per heavy atom. The van der Waals surface area contributed by atoms with Crippen molar-refractivity contribution < 1.29 is 0 Å². The minimum absolute atomic E-state index is 0.457. The van der Waals surface area contributed by atoms with Crippen LogP contribution >= 0.6 is 0 Å². The van der Waals surface area contributed by atoms with Gasteiger partial charge in [-0.3, -0.25) is 5.10 Å². The molecule has 0 fully saturated rings. The number of nitrogen functional groups attached to an aromatic ring is 1. The quantitative estimate of drug-likeness (QED) is 0.465. The molecule has 0 unspecified atom stereocenters. The van der Waals surface area contributed by atoms with Crippen LogP contribution in [0.3, 0.4) is 0 Å². The maximum atomic E-state index is 5.92. The predicted molar refractivity (Wildman–Crippen MR) is 100 cm³/mol. The highest BCUT2D eigenvalue weighted by Gasteiger charge is 2.12. The zero-order chi connectivity index (χ0) is 17.5. The van der Waals surface area contributed by atoms with Gasteiger partial charge in [-0.05, 0) is 30.3 Å². The van der Waals surface area contributed by atoms with Crippen molar-refractivity contribution in [2.75, 3.05) is 11.1 Å². The topological polar surface area (TPSA) is 110 Å². The second kappa shape index (κ2) is 5.55. The number of nitrogens with one attached hydrogen (secondary N) is 2. The Balaban J connectivity index is 1.62. The number of hydrogen-bond donors (Lipinski definition) is 3. The fourth-order valence-corrected chi connectivity index (χ4v) is 2.89. The molecule has 0 aliphatic heterocycles. The number of nitrogens with two attached hydrogens (primary N) is 1. The van der Waals surface area contributed by atoms with E-state index < -0.39 is 0 Å². The monoisotopic (exact) mass is 342 g/mol. The van der Waals surface area contributed by atoms with E-state index in [2.05, 4.69) is 30.6 Å². The molecule has 8 nitrogen and oxygen atoms in total. The normalized spacial score (nSPS) is 11.2. The Morgan fingerprint density at radius 3 is 2.81 bits per heavy atom. The van der Waals surface area contributed by atoms with Crippen LogP contribution in [0, 0.1) is 0 Å². The second-order valence-electron chi connectivity index (χ2n) is 5.83. The van der Waals surface area contributed by atoms with Gasteiger partial charge in [0.1, 0.15) is 0 Å². The van der Waals surface area contributed by atoms with Crippen LogP contribution in [0.5, 0.6) is 0 Å². The largest absolute Gasteiger partial charge is 0.382 e. The fraction of sp³-hybridized carbons (Fsp3) is 0. The number of hydrogen-bond acceptors (Lipinski definition) is 6. The zero-order valence-corrected chi connectivity index (χ0v) is 13.6. The highest BCUT2D eigenvalue weighted by atomic mass is 15.4. The Labute approximate surface area is 147 Å². The van der Waals surface area contributed by atoms with E-state index in [4.69, 9.17) is 5.73 Å². The zero-order valence-electron chi connectivity index (χ0n) is 13.6. The van der Waals surface area contributed by atoms with Crippen LogP contribution in [-0.2, 0) is 0 Å². The third-order valence-electron chi connectivity index (χ3n) is 4.13. The van der Waals surface area contributed by atoms with Gasteiger partial charge in [0.15, 0.2) is 17.3 Å². The summed E-state index contributed by atoms with van der Waals surface area (Å²) in [6.45, 7) is 0. The Bertz CT molecular complexity index is 1220. The van der Waals surface area contributed by atoms with Gasteiger partial charge in [-0.2, -0.15) is 14.6 Å². The molecule has 0 radical (unpaired) electrons. The molecule has 0 aliphatic carbocycles. The van der Waals surface area contributed by atoms with Crippen molar-refractivity contribution in [3.8, 4) is 11.4 Å². The molecule has 8 heteroatoms. The first kappa shape index (κ1) is 14.4. The van der Waals surface area contributed by atoms with Gasteiger partial charge in [0.2, 0.25) is 5.95 Å². The molecule has 0 bridgehead atoms. The molecule has 2 aromatic carbocycles. The summed E-state index contributed by atoms with van der Waals surface area (Å²) >= 11 is 0. The summed E-state index contributed by atoms with van der Waals surface area (Å²) in [5, 5.41) is 15.5. The average Bonchev–Trinajstić information content (AvgIpc) is 3.25. The lowest BCUT2D eigenvalue weighted by atomic mass is 10.1. The molecular formula is C18H14N8. The Kier molecular flexibility index (Phi) is 3.08. The van der Waals surface area contributed by atoms with E-state index in [9.17, 15) is 0 Å². The highest BCUT2D eigenvalue weighted by molar-refractivity contribution is 5.91. The molecule has 0 aliphatic rings. The summed E-state index contributed by atoms with van der Waals surface area (Å²) in [6.07, 6.45) is 1.72. The van der Waals surface area contributed by atoms with Gasteiger partial charge in [0.25, 0.3) is 0 Å². The van der Waals surface area contributed by atoms with E-state index in [0.29, 0.717) is 23.2 Å². The van der Waals surface area contributed by atoms with Gasteiger partial charge in [0.05, 0.1) is 5.52 Å². The number of para-hydroxylation sites is 1. The summed E-state index contributed by atoms with van der Waals surface area (Å²) in [5.41, 5.74) is 9.30. The molecule has 0 atom stereocenters. The summed E-state index contributed by atoms with van der Waals surface area (Å²) in [7, 11) is 0. The number of fused-ring (bicyclic) bond motifs is 2. The lowest BCUT2D eigenvalue weighted by molar-refractivity contribution is 0.937. The number of benzene rings is 2. The first-order valence-electron chi connectivity index (χ1n) is 8.06. The minimum Gasteiger partial charge on any atom is -0.382 e. The summed E-state index contributed by atoms with van der Waals surface area (Å²) in [4.78, 5) is 9.00. The molecule has 26 heavy (non-hydrogen) atoms. The molecule has 0 saturated heterocycles. The molecule has 126 valence electrons. The number of rotatable bonds is 3. The molecular weight excluding hydrogens is 328 g/mol. The third-order valence-corrected chi connectivity index (χ3v) is 4.13. The van der Waals surface area contributed by atoms with Crippen LogP contribution in [0.25, 0.3) is 27.9 Å². The molecule has 0 saturated carbocycles. The van der Waals surface area contributed by atoms with Crippen molar-refractivity contribution >= 4 is 34.0 Å². The summed E-state index contributed by atoms with van der Waals surface area (Å²) in [5.74, 6) is 1.65. The smallest absolute Gasteiger partial charge is 0.247 e. The van der Waals surface area contributed by atoms with E-state index >= 15 is 0 Å². The Hall–Kier alpha value is -3.94. The fourth-order valence-electron chi connectivity index (χ4n) is 2.89. The Morgan fingerprint density at radius 2 is 1.92 bits per heavy atom. The van der Waals surface area contributed by atoms with Gasteiger partial charge >= 0.3 is 0 Å². The van der Waals surface area contributed by atoms with Gasteiger partial charge in [-0.25, -0.2) is 4.98 Å². The predicted octanol–water partition coefficient (Wildman–Crippen LogP) is 2.99. The lowest BCUT2D eigenvalue weighted by Crippen LogP contribution is -1.98. The maximum absolute atomic E-state index is 5.92. The van der Waals surface area contributed by atoms with Crippen LogP contribution in [0.1, 0.15) is 0 Å². The molecule has 3 heterocycles. The molecule has 0 spiro atoms. The van der Waals surface area contributed by atoms with Crippen LogP contribution in [0.15, 0.2) is 60.8 Å². The van der Waals surface area contributed by atoms with Crippen LogP contribution in [-0.4, -0.2) is 29.8 Å². The number of H-pyrrole nitrogens is 1. The number of nitrogens with zero attached hydrogens (tertiary/aromatic N) is 5. The van der Waals surface area contributed by atoms with Crippen LogP contribution in [0.2, 0.25) is 0 Å². The standard InChI is InChI=1S/C18H14N8/c19-16-13-10-11(6-7-14(13)23-24-16)17-20-9-8-15-22-18(25-26(15)17)21-12-4-2-1-3-5-12/h1-10H,(H,21,25)(H3,19,23,24). The van der Waals surface area contributed by atoms with Gasteiger partial charge in [-0.15, -0.1) is 5.10 Å². The van der Waals surface area contributed by atoms with Crippen molar-refractivity contribution in [3.05, 3.63) is 60.8 Å². The lowest BCUT2D eigenvalue weighted by Gasteiger charge is -2.03. The van der Waals surface area contributed by atoms with E-state index in [0.717, 1.165) is 22.2 Å². The summed E-state index contributed by atoms with van der Waals surface area (Å²) < 4.78 is 1.71. The van der Waals surface area contributed by atoms with E-state index in [1.165, 1.54) is 0 Å². The van der Waals surface area contributed by atoms with E-state index in [1.807, 2.05) is 54.6 Å². The molecule has 5 aromatic rings. The number of aromatic nitrogens is 6. The SMILES string of the molecule is Nc1n[nH]c2ccc(-c3nccc4nc(Nc5ccccc5)nn34)cc12. The molecule has 5 rings (SSSR count). The second-order valence-corrected chi connectivity index (χ2v) is 5.83. The average molecular weight is 342 g/mol. The van der Waals surface area contributed by atoms with Crippen molar-refractivity contribution in [1.82, 2.24) is 29.8 Å². The van der Waals surface area contributed by atoms with Crippen molar-refractivity contribution in [1.29, 1.82) is 0 Å². The number of aromatic amines is 1. The highest BCUT2D eigenvalue weighted by Crippen LogP contribution is 2.25. The van der Waals surface area contributed by atoms with Gasteiger partial charge in [0, 0.05) is 28.9 Å². The van der Waals surface area contributed by atoms with Crippen molar-refractivity contribution in [2.24, 2.45) is 0 Å². The summed E-state index contributed by atoms with van der Waals surface area (Å²) in [6, 6.07) is 17.4. The minimum atomic E-state index is 0.457. The number of anilines is 3.